The fourth-order valence-electron chi connectivity index (χ4n) is 3.36. The molecule has 1 aliphatic rings. The minimum atomic E-state index is -0.393. The molecular weight excluding hydrogens is 345 g/mol. The second-order valence-electron chi connectivity index (χ2n) is 6.79. The number of nitrogens with zero attached hydrogens (tertiary/aromatic N) is 7. The van der Waals surface area contributed by atoms with Crippen LogP contribution in [0.2, 0.25) is 0 Å². The van der Waals surface area contributed by atoms with Crippen molar-refractivity contribution in [2.45, 2.75) is 19.4 Å². The molecule has 1 aliphatic heterocycles. The van der Waals surface area contributed by atoms with Crippen molar-refractivity contribution in [2.24, 2.45) is 0 Å². The molecule has 0 unspecified atom stereocenters. The van der Waals surface area contributed by atoms with Gasteiger partial charge in [0.15, 0.2) is 5.82 Å². The molecular formula is C19H24FN7. The minimum Gasteiger partial charge on any atom is -0.338 e. The first kappa shape index (κ1) is 17.7. The van der Waals surface area contributed by atoms with Gasteiger partial charge >= 0.3 is 0 Å². The van der Waals surface area contributed by atoms with Gasteiger partial charge in [-0.3, -0.25) is 9.58 Å². The quantitative estimate of drug-likeness (QED) is 0.598. The summed E-state index contributed by atoms with van der Waals surface area (Å²) in [5, 5.41) is 4.44. The number of piperazine rings is 1. The number of aromatic nitrogens is 5. The third-order valence-corrected chi connectivity index (χ3v) is 4.90. The SMILES string of the molecule is Fc1cnc(N2CCN(CCCCn3cc(-n4cccc4)cn3)CC2)nc1. The van der Waals surface area contributed by atoms with Crippen LogP contribution in [-0.2, 0) is 6.54 Å². The molecule has 4 rings (SSSR count). The maximum absolute atomic E-state index is 12.9. The van der Waals surface area contributed by atoms with Crippen LogP contribution in [0.3, 0.4) is 0 Å². The van der Waals surface area contributed by atoms with E-state index in [0.717, 1.165) is 57.8 Å². The lowest BCUT2D eigenvalue weighted by Gasteiger charge is -2.34. The van der Waals surface area contributed by atoms with E-state index in [1.807, 2.05) is 35.4 Å². The molecule has 3 aromatic rings. The van der Waals surface area contributed by atoms with Gasteiger partial charge in [-0.2, -0.15) is 5.10 Å². The Morgan fingerprint density at radius 1 is 0.889 bits per heavy atom. The van der Waals surface area contributed by atoms with Gasteiger partial charge in [0.25, 0.3) is 0 Å². The lowest BCUT2D eigenvalue weighted by atomic mass is 10.2. The van der Waals surface area contributed by atoms with Gasteiger partial charge in [0.05, 0.1) is 24.3 Å². The van der Waals surface area contributed by atoms with Gasteiger partial charge in [-0.1, -0.05) is 0 Å². The molecule has 0 saturated carbocycles. The van der Waals surface area contributed by atoms with E-state index in [1.54, 1.807) is 0 Å². The summed E-state index contributed by atoms with van der Waals surface area (Å²) in [5.74, 6) is 0.225. The second kappa shape index (κ2) is 8.30. The van der Waals surface area contributed by atoms with E-state index in [-0.39, 0.29) is 0 Å². The predicted octanol–water partition coefficient (Wildman–Crippen LogP) is 2.21. The minimum absolute atomic E-state index is 0.393. The van der Waals surface area contributed by atoms with Crippen molar-refractivity contribution in [3.8, 4) is 5.69 Å². The third-order valence-electron chi connectivity index (χ3n) is 4.90. The van der Waals surface area contributed by atoms with Crippen LogP contribution in [-0.4, -0.2) is 61.9 Å². The number of hydrogen-bond donors (Lipinski definition) is 0. The molecule has 0 radical (unpaired) electrons. The molecule has 4 heterocycles. The highest BCUT2D eigenvalue weighted by Crippen LogP contribution is 2.12. The third kappa shape index (κ3) is 4.51. The van der Waals surface area contributed by atoms with E-state index in [1.165, 1.54) is 12.4 Å². The van der Waals surface area contributed by atoms with Crippen LogP contribution < -0.4 is 4.90 Å². The normalized spacial score (nSPS) is 15.4. The average Bonchev–Trinajstić information content (AvgIpc) is 3.38. The number of anilines is 1. The Hall–Kier alpha value is -2.74. The molecule has 0 amide bonds. The number of halogens is 1. The Balaban J connectivity index is 1.16. The van der Waals surface area contributed by atoms with Gasteiger partial charge in [0.1, 0.15) is 0 Å². The van der Waals surface area contributed by atoms with E-state index < -0.39 is 5.82 Å². The van der Waals surface area contributed by atoms with Gasteiger partial charge in [0.2, 0.25) is 5.95 Å². The van der Waals surface area contributed by atoms with Crippen LogP contribution in [0, 0.1) is 5.82 Å². The van der Waals surface area contributed by atoms with Crippen molar-refractivity contribution >= 4 is 5.95 Å². The molecule has 8 heteroatoms. The Morgan fingerprint density at radius 3 is 2.33 bits per heavy atom. The maximum Gasteiger partial charge on any atom is 0.225 e. The Morgan fingerprint density at radius 2 is 1.59 bits per heavy atom. The van der Waals surface area contributed by atoms with Gasteiger partial charge < -0.3 is 9.47 Å². The van der Waals surface area contributed by atoms with Crippen molar-refractivity contribution in [1.82, 2.24) is 29.2 Å². The summed E-state index contributed by atoms with van der Waals surface area (Å²) in [7, 11) is 0. The molecule has 7 nitrogen and oxygen atoms in total. The molecule has 0 aliphatic carbocycles. The highest BCUT2D eigenvalue weighted by molar-refractivity contribution is 5.29. The van der Waals surface area contributed by atoms with Crippen molar-refractivity contribution in [2.75, 3.05) is 37.6 Å². The van der Waals surface area contributed by atoms with Crippen molar-refractivity contribution in [3.05, 3.63) is 55.1 Å². The van der Waals surface area contributed by atoms with Crippen LogP contribution in [0.15, 0.2) is 49.3 Å². The van der Waals surface area contributed by atoms with Gasteiger partial charge in [-0.25, -0.2) is 14.4 Å². The molecule has 1 fully saturated rings. The van der Waals surface area contributed by atoms with Crippen LogP contribution in [0.25, 0.3) is 5.69 Å². The second-order valence-corrected chi connectivity index (χ2v) is 6.79. The summed E-state index contributed by atoms with van der Waals surface area (Å²) in [6.07, 6.45) is 12.7. The molecule has 27 heavy (non-hydrogen) atoms. The van der Waals surface area contributed by atoms with E-state index in [9.17, 15) is 4.39 Å². The van der Waals surface area contributed by atoms with Crippen molar-refractivity contribution < 1.29 is 4.39 Å². The van der Waals surface area contributed by atoms with E-state index in [4.69, 9.17) is 0 Å². The molecule has 142 valence electrons. The standard InChI is InChI=1S/C19H24FN7/c20-17-13-21-19(22-14-17)26-11-9-24(10-12-26)5-1-4-8-27-16-18(15-23-27)25-6-2-3-7-25/h2-3,6-7,13-16H,1,4-5,8-12H2. The average molecular weight is 369 g/mol. The Bertz CT molecular complexity index is 820. The van der Waals surface area contributed by atoms with Gasteiger partial charge in [0, 0.05) is 51.3 Å². The molecule has 3 aromatic heterocycles. The summed E-state index contributed by atoms with van der Waals surface area (Å²) in [6, 6.07) is 4.03. The van der Waals surface area contributed by atoms with Crippen LogP contribution in [0.4, 0.5) is 10.3 Å². The number of aryl methyl sites for hydroxylation is 1. The topological polar surface area (TPSA) is 55.0 Å². The zero-order chi connectivity index (χ0) is 18.5. The summed E-state index contributed by atoms with van der Waals surface area (Å²) in [6.45, 7) is 5.76. The predicted molar refractivity (Wildman–Crippen MR) is 101 cm³/mol. The van der Waals surface area contributed by atoms with Crippen LogP contribution in [0.5, 0.6) is 0 Å². The van der Waals surface area contributed by atoms with E-state index >= 15 is 0 Å². The highest BCUT2D eigenvalue weighted by atomic mass is 19.1. The zero-order valence-electron chi connectivity index (χ0n) is 15.3. The number of hydrogen-bond acceptors (Lipinski definition) is 5. The molecule has 0 spiro atoms. The van der Waals surface area contributed by atoms with Gasteiger partial charge in [-0.15, -0.1) is 0 Å². The maximum atomic E-state index is 12.9. The first-order valence-corrected chi connectivity index (χ1v) is 9.38. The summed E-state index contributed by atoms with van der Waals surface area (Å²) in [5.41, 5.74) is 1.10. The monoisotopic (exact) mass is 369 g/mol. The highest BCUT2D eigenvalue weighted by Gasteiger charge is 2.18. The molecule has 0 aromatic carbocycles. The molecule has 0 N–H and O–H groups in total. The van der Waals surface area contributed by atoms with Gasteiger partial charge in [-0.05, 0) is 31.5 Å². The van der Waals surface area contributed by atoms with Crippen molar-refractivity contribution in [1.29, 1.82) is 0 Å². The van der Waals surface area contributed by atoms with Crippen molar-refractivity contribution in [3.63, 3.8) is 0 Å². The molecule has 0 bridgehead atoms. The fraction of sp³-hybridized carbons (Fsp3) is 0.421. The largest absolute Gasteiger partial charge is 0.338 e. The number of unbranched alkanes of at least 4 members (excludes halogenated alkanes) is 1. The molecule has 1 saturated heterocycles. The van der Waals surface area contributed by atoms with E-state index in [2.05, 4.69) is 35.6 Å². The Labute approximate surface area is 158 Å². The fourth-order valence-corrected chi connectivity index (χ4v) is 3.36. The lowest BCUT2D eigenvalue weighted by molar-refractivity contribution is 0.249. The Kier molecular flexibility index (Phi) is 5.43. The first-order chi connectivity index (χ1) is 13.3. The number of rotatable bonds is 7. The summed E-state index contributed by atoms with van der Waals surface area (Å²) in [4.78, 5) is 12.7. The lowest BCUT2D eigenvalue weighted by Crippen LogP contribution is -2.47. The first-order valence-electron chi connectivity index (χ1n) is 9.38. The summed E-state index contributed by atoms with van der Waals surface area (Å²) >= 11 is 0. The molecule has 0 atom stereocenters. The van der Waals surface area contributed by atoms with Crippen LogP contribution >= 0.6 is 0 Å². The summed E-state index contributed by atoms with van der Waals surface area (Å²) < 4.78 is 17.0. The smallest absolute Gasteiger partial charge is 0.225 e. The zero-order valence-corrected chi connectivity index (χ0v) is 15.3. The van der Waals surface area contributed by atoms with E-state index in [0.29, 0.717) is 5.95 Å². The van der Waals surface area contributed by atoms with Crippen LogP contribution in [0.1, 0.15) is 12.8 Å².